The molecule has 0 radical (unpaired) electrons. The normalized spacial score (nSPS) is 19.5. The Labute approximate surface area is 124 Å². The molecule has 1 saturated heterocycles. The van der Waals surface area contributed by atoms with Crippen molar-refractivity contribution in [2.24, 2.45) is 0 Å². The lowest BCUT2D eigenvalue weighted by Crippen LogP contribution is -2.35. The Hall–Kier alpha value is -2.07. The third-order valence-corrected chi connectivity index (χ3v) is 3.96. The van der Waals surface area contributed by atoms with E-state index >= 15 is 0 Å². The molecule has 1 aliphatic rings. The molecule has 110 valence electrons. The molecule has 21 heavy (non-hydrogen) atoms. The summed E-state index contributed by atoms with van der Waals surface area (Å²) in [7, 11) is 1.67. The van der Waals surface area contributed by atoms with Crippen molar-refractivity contribution in [3.8, 4) is 5.75 Å². The van der Waals surface area contributed by atoms with Crippen LogP contribution in [0, 0.1) is 0 Å². The Kier molecular flexibility index (Phi) is 3.80. The zero-order valence-corrected chi connectivity index (χ0v) is 12.3. The number of carbonyl (C=O) groups is 1. The molecule has 0 saturated carbocycles. The van der Waals surface area contributed by atoms with Crippen LogP contribution in [0.5, 0.6) is 5.75 Å². The zero-order chi connectivity index (χ0) is 14.8. The summed E-state index contributed by atoms with van der Waals surface area (Å²) in [4.78, 5) is 11.5. The van der Waals surface area contributed by atoms with Crippen molar-refractivity contribution in [3.05, 3.63) is 42.0 Å². The number of benzene rings is 2. The topological polar surface area (TPSA) is 47.6 Å². The van der Waals surface area contributed by atoms with Crippen molar-refractivity contribution in [2.75, 3.05) is 13.7 Å². The predicted octanol–water partition coefficient (Wildman–Crippen LogP) is 2.81. The van der Waals surface area contributed by atoms with Crippen LogP contribution >= 0.6 is 0 Å². The minimum Gasteiger partial charge on any atom is -0.497 e. The second-order valence-electron chi connectivity index (χ2n) is 5.37. The second kappa shape index (κ2) is 5.74. The fourth-order valence-electron chi connectivity index (χ4n) is 2.68. The Morgan fingerprint density at radius 3 is 2.71 bits per heavy atom. The molecule has 1 fully saturated rings. The summed E-state index contributed by atoms with van der Waals surface area (Å²) in [6.45, 7) is 2.58. The SMILES string of the molecule is COc1ccc2cc(C(C)NC3CCOC3=O)ccc2c1. The van der Waals surface area contributed by atoms with E-state index in [0.717, 1.165) is 28.5 Å². The first-order valence-electron chi connectivity index (χ1n) is 7.18. The van der Waals surface area contributed by atoms with Crippen LogP contribution in [-0.4, -0.2) is 25.7 Å². The van der Waals surface area contributed by atoms with Gasteiger partial charge < -0.3 is 9.47 Å². The largest absolute Gasteiger partial charge is 0.497 e. The van der Waals surface area contributed by atoms with Gasteiger partial charge >= 0.3 is 5.97 Å². The average molecular weight is 285 g/mol. The zero-order valence-electron chi connectivity index (χ0n) is 12.3. The highest BCUT2D eigenvalue weighted by Crippen LogP contribution is 2.25. The summed E-state index contributed by atoms with van der Waals surface area (Å²) in [6, 6.07) is 12.3. The summed E-state index contributed by atoms with van der Waals surface area (Å²) < 4.78 is 10.2. The highest BCUT2D eigenvalue weighted by atomic mass is 16.5. The van der Waals surface area contributed by atoms with Gasteiger partial charge in [-0.3, -0.25) is 10.1 Å². The van der Waals surface area contributed by atoms with E-state index in [1.54, 1.807) is 7.11 Å². The Balaban J connectivity index is 1.81. The van der Waals surface area contributed by atoms with Crippen LogP contribution in [0.3, 0.4) is 0 Å². The maximum absolute atomic E-state index is 11.5. The molecule has 2 aromatic rings. The second-order valence-corrected chi connectivity index (χ2v) is 5.37. The lowest BCUT2D eigenvalue weighted by molar-refractivity contribution is -0.139. The van der Waals surface area contributed by atoms with Crippen LogP contribution in [0.4, 0.5) is 0 Å². The fraction of sp³-hybridized carbons (Fsp3) is 0.353. The van der Waals surface area contributed by atoms with Gasteiger partial charge in [-0.25, -0.2) is 0 Å². The Morgan fingerprint density at radius 2 is 2.00 bits per heavy atom. The van der Waals surface area contributed by atoms with Crippen LogP contribution in [0.15, 0.2) is 36.4 Å². The number of cyclic esters (lactones) is 1. The van der Waals surface area contributed by atoms with Crippen LogP contribution in [0.1, 0.15) is 24.9 Å². The Morgan fingerprint density at radius 1 is 1.24 bits per heavy atom. The van der Waals surface area contributed by atoms with E-state index in [1.165, 1.54) is 0 Å². The molecule has 2 unspecified atom stereocenters. The number of carbonyl (C=O) groups excluding carboxylic acids is 1. The molecular weight excluding hydrogens is 266 g/mol. The maximum Gasteiger partial charge on any atom is 0.323 e. The first-order valence-corrected chi connectivity index (χ1v) is 7.18. The van der Waals surface area contributed by atoms with Gasteiger partial charge in [0.05, 0.1) is 13.7 Å². The molecular formula is C17H19NO3. The third-order valence-electron chi connectivity index (χ3n) is 3.96. The maximum atomic E-state index is 11.5. The number of esters is 1. The van der Waals surface area contributed by atoms with Crippen molar-refractivity contribution in [3.63, 3.8) is 0 Å². The number of nitrogens with one attached hydrogen (secondary N) is 1. The van der Waals surface area contributed by atoms with Crippen molar-refractivity contribution < 1.29 is 14.3 Å². The van der Waals surface area contributed by atoms with E-state index in [0.29, 0.717) is 6.61 Å². The molecule has 3 rings (SSSR count). The lowest BCUT2D eigenvalue weighted by Gasteiger charge is -2.18. The lowest BCUT2D eigenvalue weighted by atomic mass is 10.0. The van der Waals surface area contributed by atoms with Crippen molar-refractivity contribution >= 4 is 16.7 Å². The number of hydrogen-bond acceptors (Lipinski definition) is 4. The quantitative estimate of drug-likeness (QED) is 0.878. The van der Waals surface area contributed by atoms with Crippen molar-refractivity contribution in [1.29, 1.82) is 0 Å². The minimum atomic E-state index is -0.188. The van der Waals surface area contributed by atoms with E-state index in [9.17, 15) is 4.79 Å². The van der Waals surface area contributed by atoms with Gasteiger partial charge in [0.2, 0.25) is 0 Å². The third kappa shape index (κ3) is 2.85. The predicted molar refractivity (Wildman–Crippen MR) is 81.4 cm³/mol. The summed E-state index contributed by atoms with van der Waals surface area (Å²) in [5.41, 5.74) is 1.16. The molecule has 0 aliphatic carbocycles. The number of methoxy groups -OCH3 is 1. The van der Waals surface area contributed by atoms with Crippen molar-refractivity contribution in [1.82, 2.24) is 5.32 Å². The van der Waals surface area contributed by atoms with Crippen LogP contribution in [0.25, 0.3) is 10.8 Å². The molecule has 2 aromatic carbocycles. The molecule has 0 bridgehead atoms. The van der Waals surface area contributed by atoms with Gasteiger partial charge in [0.25, 0.3) is 0 Å². The molecule has 2 atom stereocenters. The summed E-state index contributed by atoms with van der Waals surface area (Å²) in [5, 5.41) is 5.64. The monoisotopic (exact) mass is 285 g/mol. The van der Waals surface area contributed by atoms with E-state index in [4.69, 9.17) is 9.47 Å². The molecule has 0 aromatic heterocycles. The standard InChI is InChI=1S/C17H19NO3/c1-11(18-16-7-8-21-17(16)19)12-3-4-14-10-15(20-2)6-5-13(14)9-12/h3-6,9-11,16,18H,7-8H2,1-2H3. The van der Waals surface area contributed by atoms with E-state index in [1.807, 2.05) is 18.2 Å². The fourth-order valence-corrected chi connectivity index (χ4v) is 2.68. The van der Waals surface area contributed by atoms with Gasteiger partial charge in [-0.2, -0.15) is 0 Å². The first-order chi connectivity index (χ1) is 10.2. The number of hydrogen-bond donors (Lipinski definition) is 1. The van der Waals surface area contributed by atoms with Gasteiger partial charge in [-0.1, -0.05) is 18.2 Å². The summed E-state index contributed by atoms with van der Waals surface area (Å²) in [5.74, 6) is 0.711. The van der Waals surface area contributed by atoms with E-state index in [-0.39, 0.29) is 18.1 Å². The van der Waals surface area contributed by atoms with Crippen LogP contribution < -0.4 is 10.1 Å². The summed E-state index contributed by atoms with van der Waals surface area (Å²) in [6.07, 6.45) is 0.744. The molecule has 0 spiro atoms. The molecule has 1 aliphatic heterocycles. The molecule has 1 heterocycles. The number of rotatable bonds is 4. The summed E-state index contributed by atoms with van der Waals surface area (Å²) >= 11 is 0. The van der Waals surface area contributed by atoms with Gasteiger partial charge in [0.1, 0.15) is 11.8 Å². The van der Waals surface area contributed by atoms with Gasteiger partial charge in [0.15, 0.2) is 0 Å². The smallest absolute Gasteiger partial charge is 0.323 e. The molecule has 4 heteroatoms. The van der Waals surface area contributed by atoms with E-state index < -0.39 is 0 Å². The van der Waals surface area contributed by atoms with Gasteiger partial charge in [-0.05, 0) is 41.5 Å². The minimum absolute atomic E-state index is 0.104. The van der Waals surface area contributed by atoms with Gasteiger partial charge in [0, 0.05) is 12.5 Å². The van der Waals surface area contributed by atoms with Crippen LogP contribution in [-0.2, 0) is 9.53 Å². The highest BCUT2D eigenvalue weighted by molar-refractivity contribution is 5.84. The average Bonchev–Trinajstić information content (AvgIpc) is 2.91. The molecule has 1 N–H and O–H groups in total. The molecule has 0 amide bonds. The molecule has 4 nitrogen and oxygen atoms in total. The Bertz CT molecular complexity index is 668. The highest BCUT2D eigenvalue weighted by Gasteiger charge is 2.27. The number of fused-ring (bicyclic) bond motifs is 1. The van der Waals surface area contributed by atoms with Gasteiger partial charge in [-0.15, -0.1) is 0 Å². The van der Waals surface area contributed by atoms with E-state index in [2.05, 4.69) is 30.4 Å². The first kappa shape index (κ1) is 13.9. The number of ether oxygens (including phenoxy) is 2. The van der Waals surface area contributed by atoms with Crippen LogP contribution in [0.2, 0.25) is 0 Å². The van der Waals surface area contributed by atoms with Crippen molar-refractivity contribution in [2.45, 2.75) is 25.4 Å².